The van der Waals surface area contributed by atoms with Gasteiger partial charge < -0.3 is 11.1 Å². The second-order valence-electron chi connectivity index (χ2n) is 4.95. The first-order valence-electron chi connectivity index (χ1n) is 6.61. The number of nitrogen functional groups attached to an aromatic ring is 1. The van der Waals surface area contributed by atoms with Gasteiger partial charge in [-0.25, -0.2) is 9.97 Å². The molecule has 5 heteroatoms. The minimum absolute atomic E-state index is 0.476. The van der Waals surface area contributed by atoms with Crippen LogP contribution in [0.25, 0.3) is 0 Å². The number of nitrogens with zero attached hydrogens (tertiary/aromatic N) is 2. The quantitative estimate of drug-likeness (QED) is 0.715. The molecule has 0 saturated carbocycles. The van der Waals surface area contributed by atoms with Crippen molar-refractivity contribution in [2.75, 3.05) is 17.6 Å². The summed E-state index contributed by atoms with van der Waals surface area (Å²) in [6, 6.07) is 0. The second-order valence-corrected chi connectivity index (χ2v) is 5.74. The summed E-state index contributed by atoms with van der Waals surface area (Å²) in [6.45, 7) is 5.48. The number of nitrogens with one attached hydrogen (secondary N) is 1. The molecule has 0 atom stereocenters. The van der Waals surface area contributed by atoms with Crippen molar-refractivity contribution in [3.63, 3.8) is 0 Å². The zero-order valence-electron chi connectivity index (χ0n) is 11.2. The summed E-state index contributed by atoms with van der Waals surface area (Å²) in [7, 11) is 0. The summed E-state index contributed by atoms with van der Waals surface area (Å²) >= 11 is 3.38. The molecule has 1 aromatic heterocycles. The predicted octanol–water partition coefficient (Wildman–Crippen LogP) is 3.84. The van der Waals surface area contributed by atoms with Crippen LogP contribution in [0.15, 0.2) is 10.8 Å². The zero-order valence-corrected chi connectivity index (χ0v) is 12.8. The van der Waals surface area contributed by atoms with Crippen molar-refractivity contribution in [1.29, 1.82) is 0 Å². The average molecular weight is 315 g/mol. The molecule has 3 N–H and O–H groups in total. The summed E-state index contributed by atoms with van der Waals surface area (Å²) in [5, 5.41) is 3.28. The van der Waals surface area contributed by atoms with Crippen LogP contribution in [-0.2, 0) is 0 Å². The van der Waals surface area contributed by atoms with Crippen LogP contribution in [0.5, 0.6) is 0 Å². The van der Waals surface area contributed by atoms with Crippen molar-refractivity contribution >= 4 is 27.6 Å². The third kappa shape index (κ3) is 5.67. The summed E-state index contributed by atoms with van der Waals surface area (Å²) in [4.78, 5) is 8.05. The fourth-order valence-electron chi connectivity index (χ4n) is 1.74. The summed E-state index contributed by atoms with van der Waals surface area (Å²) in [5.74, 6) is 2.08. The van der Waals surface area contributed by atoms with Crippen molar-refractivity contribution in [1.82, 2.24) is 9.97 Å². The third-order valence-corrected chi connectivity index (χ3v) is 3.60. The molecule has 0 saturated heterocycles. The SMILES string of the molecule is CC(C)CCCCCCNc1ncnc(N)c1Br. The molecule has 0 aromatic carbocycles. The Kier molecular flexibility index (Phi) is 7.01. The van der Waals surface area contributed by atoms with E-state index in [1.165, 1.54) is 32.0 Å². The molecule has 18 heavy (non-hydrogen) atoms. The molecule has 0 bridgehead atoms. The maximum atomic E-state index is 5.68. The first-order valence-corrected chi connectivity index (χ1v) is 7.40. The first-order chi connectivity index (χ1) is 8.61. The van der Waals surface area contributed by atoms with Gasteiger partial charge in [-0.1, -0.05) is 39.5 Å². The van der Waals surface area contributed by atoms with Crippen LogP contribution in [0.2, 0.25) is 0 Å². The Morgan fingerprint density at radius 1 is 1.22 bits per heavy atom. The Balaban J connectivity index is 2.13. The number of hydrogen-bond acceptors (Lipinski definition) is 4. The third-order valence-electron chi connectivity index (χ3n) is 2.82. The van der Waals surface area contributed by atoms with Crippen molar-refractivity contribution in [3.8, 4) is 0 Å². The van der Waals surface area contributed by atoms with E-state index >= 15 is 0 Å². The van der Waals surface area contributed by atoms with Gasteiger partial charge in [-0.3, -0.25) is 0 Å². The van der Waals surface area contributed by atoms with Crippen molar-refractivity contribution in [2.45, 2.75) is 46.0 Å². The van der Waals surface area contributed by atoms with Crippen LogP contribution in [0.3, 0.4) is 0 Å². The van der Waals surface area contributed by atoms with Gasteiger partial charge in [0.1, 0.15) is 22.4 Å². The van der Waals surface area contributed by atoms with Gasteiger partial charge in [-0.15, -0.1) is 0 Å². The van der Waals surface area contributed by atoms with E-state index in [4.69, 9.17) is 5.73 Å². The monoisotopic (exact) mass is 314 g/mol. The highest BCUT2D eigenvalue weighted by molar-refractivity contribution is 9.10. The fourth-order valence-corrected chi connectivity index (χ4v) is 2.09. The highest BCUT2D eigenvalue weighted by atomic mass is 79.9. The lowest BCUT2D eigenvalue weighted by molar-refractivity contribution is 0.523. The van der Waals surface area contributed by atoms with Crippen molar-refractivity contribution in [3.05, 3.63) is 10.8 Å². The molecule has 0 radical (unpaired) electrons. The van der Waals surface area contributed by atoms with Gasteiger partial charge >= 0.3 is 0 Å². The molecule has 1 aromatic rings. The standard InChI is InChI=1S/C13H23BrN4/c1-10(2)7-5-3-4-6-8-16-13-11(14)12(15)17-9-18-13/h9-10H,3-8H2,1-2H3,(H3,15,16,17,18). The lowest BCUT2D eigenvalue weighted by atomic mass is 10.0. The predicted molar refractivity (Wildman–Crippen MR) is 80.6 cm³/mol. The van der Waals surface area contributed by atoms with Crippen molar-refractivity contribution in [2.24, 2.45) is 5.92 Å². The van der Waals surface area contributed by atoms with E-state index in [0.29, 0.717) is 5.82 Å². The zero-order chi connectivity index (χ0) is 13.4. The molecule has 0 aliphatic rings. The van der Waals surface area contributed by atoms with Gasteiger partial charge in [-0.05, 0) is 28.3 Å². The molecule has 4 nitrogen and oxygen atoms in total. The van der Waals surface area contributed by atoms with Crippen LogP contribution in [0.1, 0.15) is 46.0 Å². The van der Waals surface area contributed by atoms with Gasteiger partial charge in [0.05, 0.1) is 0 Å². The number of hydrogen-bond donors (Lipinski definition) is 2. The molecule has 0 aliphatic heterocycles. The minimum Gasteiger partial charge on any atom is -0.383 e. The average Bonchev–Trinajstić information content (AvgIpc) is 2.32. The van der Waals surface area contributed by atoms with Crippen LogP contribution in [0.4, 0.5) is 11.6 Å². The first kappa shape index (κ1) is 15.2. The maximum absolute atomic E-state index is 5.68. The van der Waals surface area contributed by atoms with Gasteiger partial charge in [0.2, 0.25) is 0 Å². The van der Waals surface area contributed by atoms with Gasteiger partial charge in [0.15, 0.2) is 0 Å². The lowest BCUT2D eigenvalue weighted by Gasteiger charge is -2.08. The number of halogens is 1. The van der Waals surface area contributed by atoms with Crippen LogP contribution < -0.4 is 11.1 Å². The van der Waals surface area contributed by atoms with Gasteiger partial charge in [0, 0.05) is 6.54 Å². The number of aromatic nitrogens is 2. The van der Waals surface area contributed by atoms with E-state index in [2.05, 4.69) is 45.1 Å². The number of rotatable bonds is 8. The molecule has 1 rings (SSSR count). The summed E-state index contributed by atoms with van der Waals surface area (Å²) in [5.41, 5.74) is 5.68. The second kappa shape index (κ2) is 8.29. The van der Waals surface area contributed by atoms with Gasteiger partial charge in [0.25, 0.3) is 0 Å². The number of nitrogens with two attached hydrogens (primary N) is 1. The molecule has 0 fully saturated rings. The molecule has 0 aliphatic carbocycles. The highest BCUT2D eigenvalue weighted by Gasteiger charge is 2.04. The molecule has 102 valence electrons. The summed E-state index contributed by atoms with van der Waals surface area (Å²) in [6.07, 6.45) is 7.88. The molecular weight excluding hydrogens is 292 g/mol. The highest BCUT2D eigenvalue weighted by Crippen LogP contribution is 2.23. The number of anilines is 2. The topological polar surface area (TPSA) is 63.8 Å². The Bertz CT molecular complexity index is 355. The summed E-state index contributed by atoms with van der Waals surface area (Å²) < 4.78 is 0.754. The normalized spacial score (nSPS) is 10.9. The Morgan fingerprint density at radius 2 is 1.94 bits per heavy atom. The molecule has 1 heterocycles. The Labute approximate surface area is 118 Å². The molecule has 0 amide bonds. The van der Waals surface area contributed by atoms with Crippen LogP contribution in [-0.4, -0.2) is 16.5 Å². The fraction of sp³-hybridized carbons (Fsp3) is 0.692. The van der Waals surface area contributed by atoms with E-state index in [-0.39, 0.29) is 0 Å². The van der Waals surface area contributed by atoms with Gasteiger partial charge in [-0.2, -0.15) is 0 Å². The van der Waals surface area contributed by atoms with E-state index < -0.39 is 0 Å². The molecule has 0 spiro atoms. The molecular formula is C13H23BrN4. The van der Waals surface area contributed by atoms with E-state index in [0.717, 1.165) is 29.2 Å². The lowest BCUT2D eigenvalue weighted by Crippen LogP contribution is -2.06. The smallest absolute Gasteiger partial charge is 0.145 e. The van der Waals surface area contributed by atoms with Crippen LogP contribution >= 0.6 is 15.9 Å². The van der Waals surface area contributed by atoms with E-state index in [1.807, 2.05) is 0 Å². The van der Waals surface area contributed by atoms with E-state index in [1.54, 1.807) is 0 Å². The Morgan fingerprint density at radius 3 is 2.67 bits per heavy atom. The van der Waals surface area contributed by atoms with Crippen LogP contribution in [0, 0.1) is 5.92 Å². The van der Waals surface area contributed by atoms with E-state index in [9.17, 15) is 0 Å². The largest absolute Gasteiger partial charge is 0.383 e. The van der Waals surface area contributed by atoms with Crippen molar-refractivity contribution < 1.29 is 0 Å². The number of unbranched alkanes of at least 4 members (excludes halogenated alkanes) is 3. The molecule has 0 unspecified atom stereocenters. The minimum atomic E-state index is 0.476. The Hall–Kier alpha value is -0.840. The maximum Gasteiger partial charge on any atom is 0.145 e.